The van der Waals surface area contributed by atoms with E-state index in [2.05, 4.69) is 97.7 Å². The predicted molar refractivity (Wildman–Crippen MR) is 102 cm³/mol. The minimum absolute atomic E-state index is 0. The van der Waals surface area contributed by atoms with E-state index >= 15 is 0 Å². The Kier molecular flexibility index (Phi) is 7.43. The van der Waals surface area contributed by atoms with E-state index in [1.807, 2.05) is 0 Å². The third-order valence-electron chi connectivity index (χ3n) is 3.82. The van der Waals surface area contributed by atoms with E-state index in [9.17, 15) is 0 Å². The maximum atomic E-state index is 2.41. The fourth-order valence-corrected chi connectivity index (χ4v) is 5.83. The molecule has 3 aromatic carbocycles. The molecule has 0 aliphatic rings. The Morgan fingerprint density at radius 3 is 0.955 bits per heavy atom. The van der Waals surface area contributed by atoms with Crippen molar-refractivity contribution in [1.29, 1.82) is 0 Å². The number of hydrogen-bond acceptors (Lipinski definition) is 0. The molecule has 0 spiro atoms. The molecule has 0 bridgehead atoms. The standard InChI is InChI=1S/C19H18P.BrH.H3P/c1-20(17-11-5-2-6-12-17,18-13-7-3-8-14-18)19-15-9-4-10-16-19;;/h2-16H,1H3;1H;1H3/q+1;;/p-1. The van der Waals surface area contributed by atoms with Gasteiger partial charge in [-0.15, -0.1) is 0 Å². The first-order valence-electron chi connectivity index (χ1n) is 6.85. The second-order valence-electron chi connectivity index (χ2n) is 5.01. The van der Waals surface area contributed by atoms with Gasteiger partial charge in [0.2, 0.25) is 0 Å². The highest BCUT2D eigenvalue weighted by molar-refractivity contribution is 7.95. The third-order valence-corrected chi connectivity index (χ3v) is 7.81. The van der Waals surface area contributed by atoms with Crippen molar-refractivity contribution in [1.82, 2.24) is 0 Å². The van der Waals surface area contributed by atoms with Gasteiger partial charge in [-0.2, -0.15) is 9.90 Å². The Morgan fingerprint density at radius 2 is 0.727 bits per heavy atom. The monoisotopic (exact) mass is 390 g/mol. The smallest absolute Gasteiger partial charge is 0.109 e. The summed E-state index contributed by atoms with van der Waals surface area (Å²) in [6.07, 6.45) is 0. The van der Waals surface area contributed by atoms with Crippen LogP contribution in [-0.4, -0.2) is 6.66 Å². The van der Waals surface area contributed by atoms with Crippen molar-refractivity contribution >= 4 is 33.1 Å². The molecule has 3 heteroatoms. The van der Waals surface area contributed by atoms with Crippen molar-refractivity contribution in [2.24, 2.45) is 0 Å². The molecular formula is C19H21BrP2. The molecule has 0 radical (unpaired) electrons. The van der Waals surface area contributed by atoms with Crippen molar-refractivity contribution in [2.45, 2.75) is 0 Å². The lowest BCUT2D eigenvalue weighted by Crippen LogP contribution is -3.00. The summed E-state index contributed by atoms with van der Waals surface area (Å²) >= 11 is 0. The van der Waals surface area contributed by atoms with Gasteiger partial charge in [-0.1, -0.05) is 54.6 Å². The maximum absolute atomic E-state index is 2.41. The van der Waals surface area contributed by atoms with Crippen LogP contribution in [0.5, 0.6) is 0 Å². The Labute approximate surface area is 147 Å². The van der Waals surface area contributed by atoms with Crippen molar-refractivity contribution in [3.8, 4) is 0 Å². The molecule has 0 aromatic heterocycles. The molecule has 0 aliphatic carbocycles. The lowest BCUT2D eigenvalue weighted by atomic mass is 10.4. The van der Waals surface area contributed by atoms with Gasteiger partial charge in [-0.05, 0) is 36.4 Å². The zero-order valence-corrected chi connectivity index (χ0v) is 16.6. The van der Waals surface area contributed by atoms with E-state index in [1.54, 1.807) is 0 Å². The molecule has 22 heavy (non-hydrogen) atoms. The van der Waals surface area contributed by atoms with E-state index in [4.69, 9.17) is 0 Å². The van der Waals surface area contributed by atoms with E-state index < -0.39 is 7.26 Å². The quantitative estimate of drug-likeness (QED) is 0.576. The predicted octanol–water partition coefficient (Wildman–Crippen LogP) is 0.672. The molecule has 3 aromatic rings. The summed E-state index contributed by atoms with van der Waals surface area (Å²) in [5.41, 5.74) is 0. The zero-order chi connectivity index (χ0) is 13.8. The summed E-state index contributed by atoms with van der Waals surface area (Å²) in [5.74, 6) is 0. The molecule has 0 fully saturated rings. The first-order chi connectivity index (χ1) is 9.82. The molecule has 0 amide bonds. The summed E-state index contributed by atoms with van der Waals surface area (Å²) < 4.78 is 0. The van der Waals surface area contributed by atoms with E-state index in [-0.39, 0.29) is 26.9 Å². The van der Waals surface area contributed by atoms with Crippen LogP contribution in [0.3, 0.4) is 0 Å². The summed E-state index contributed by atoms with van der Waals surface area (Å²) in [4.78, 5) is 0. The van der Waals surface area contributed by atoms with Crippen molar-refractivity contribution in [3.63, 3.8) is 0 Å². The molecule has 0 nitrogen and oxygen atoms in total. The minimum atomic E-state index is -1.53. The Balaban J connectivity index is 0.00000121. The van der Waals surface area contributed by atoms with Crippen molar-refractivity contribution < 1.29 is 17.0 Å². The van der Waals surface area contributed by atoms with Crippen LogP contribution in [0.4, 0.5) is 0 Å². The number of benzene rings is 3. The average Bonchev–Trinajstić information content (AvgIpc) is 2.56. The number of hydrogen-bond donors (Lipinski definition) is 0. The summed E-state index contributed by atoms with van der Waals surface area (Å²) in [6.45, 7) is 2.41. The van der Waals surface area contributed by atoms with E-state index in [1.165, 1.54) is 15.9 Å². The van der Waals surface area contributed by atoms with Crippen LogP contribution in [-0.2, 0) is 0 Å². The fourth-order valence-electron chi connectivity index (χ4n) is 2.63. The molecule has 0 N–H and O–H groups in total. The molecule has 0 aliphatic heterocycles. The largest absolute Gasteiger partial charge is 1.00 e. The number of rotatable bonds is 3. The van der Waals surface area contributed by atoms with Crippen LogP contribution in [0.1, 0.15) is 0 Å². The summed E-state index contributed by atoms with van der Waals surface area (Å²) in [7, 11) is -1.53. The van der Waals surface area contributed by atoms with Gasteiger partial charge < -0.3 is 17.0 Å². The van der Waals surface area contributed by atoms with Gasteiger partial charge in [0.15, 0.2) is 0 Å². The molecule has 0 heterocycles. The highest BCUT2D eigenvalue weighted by Gasteiger charge is 2.39. The van der Waals surface area contributed by atoms with Crippen LogP contribution in [0.25, 0.3) is 0 Å². The second-order valence-corrected chi connectivity index (χ2v) is 8.57. The normalized spacial score (nSPS) is 10.2. The highest BCUT2D eigenvalue weighted by atomic mass is 79.9. The van der Waals surface area contributed by atoms with E-state index in [0.29, 0.717) is 0 Å². The molecular weight excluding hydrogens is 370 g/mol. The number of halogens is 1. The molecule has 0 saturated heterocycles. The molecule has 0 saturated carbocycles. The van der Waals surface area contributed by atoms with Gasteiger partial charge in [-0.25, -0.2) is 0 Å². The van der Waals surface area contributed by atoms with Crippen LogP contribution >= 0.6 is 17.2 Å². The fraction of sp³-hybridized carbons (Fsp3) is 0.0526. The van der Waals surface area contributed by atoms with Crippen LogP contribution in [0.15, 0.2) is 91.0 Å². The second kappa shape index (κ2) is 8.59. The Hall–Kier alpha value is -1.000. The lowest BCUT2D eigenvalue weighted by molar-refractivity contribution is -0.00000404. The SMILES string of the molecule is C[P+](c1ccccc1)(c1ccccc1)c1ccccc1.P.[Br-]. The van der Waals surface area contributed by atoms with Gasteiger partial charge in [0.05, 0.1) is 6.66 Å². The van der Waals surface area contributed by atoms with Crippen LogP contribution < -0.4 is 32.9 Å². The summed E-state index contributed by atoms with van der Waals surface area (Å²) in [6, 6.07) is 32.6. The lowest BCUT2D eigenvalue weighted by Gasteiger charge is -2.22. The first kappa shape index (κ1) is 19.0. The summed E-state index contributed by atoms with van der Waals surface area (Å²) in [5, 5.41) is 4.28. The Morgan fingerprint density at radius 1 is 0.500 bits per heavy atom. The van der Waals surface area contributed by atoms with Crippen molar-refractivity contribution in [2.75, 3.05) is 6.66 Å². The first-order valence-corrected chi connectivity index (χ1v) is 9.09. The molecule has 1 atom stereocenters. The van der Waals surface area contributed by atoms with Gasteiger partial charge in [0, 0.05) is 0 Å². The third kappa shape index (κ3) is 3.66. The molecule has 1 unspecified atom stereocenters. The van der Waals surface area contributed by atoms with E-state index in [0.717, 1.165) is 0 Å². The van der Waals surface area contributed by atoms with Gasteiger partial charge in [-0.3, -0.25) is 0 Å². The molecule has 114 valence electrons. The topological polar surface area (TPSA) is 0 Å². The average molecular weight is 391 g/mol. The zero-order valence-electron chi connectivity index (χ0n) is 12.7. The Bertz CT molecular complexity index is 573. The van der Waals surface area contributed by atoms with Gasteiger partial charge in [0.1, 0.15) is 23.2 Å². The van der Waals surface area contributed by atoms with Crippen LogP contribution in [0.2, 0.25) is 0 Å². The minimum Gasteiger partial charge on any atom is -1.00 e. The maximum Gasteiger partial charge on any atom is 0.109 e. The molecule has 3 rings (SSSR count). The van der Waals surface area contributed by atoms with Crippen LogP contribution in [0, 0.1) is 0 Å². The highest BCUT2D eigenvalue weighted by Crippen LogP contribution is 2.51. The van der Waals surface area contributed by atoms with Crippen molar-refractivity contribution in [3.05, 3.63) is 91.0 Å². The van der Waals surface area contributed by atoms with Gasteiger partial charge in [0.25, 0.3) is 0 Å². The van der Waals surface area contributed by atoms with Gasteiger partial charge >= 0.3 is 0 Å².